The Balaban J connectivity index is 2.02. The molecule has 6 heteroatoms. The number of carbonyl (C=O) groups excluding carboxylic acids is 1. The predicted octanol–water partition coefficient (Wildman–Crippen LogP) is 0.501. The molecule has 3 N–H and O–H groups in total. The van der Waals surface area contributed by atoms with Crippen molar-refractivity contribution in [3.8, 4) is 0 Å². The molecule has 0 aliphatic carbocycles. The van der Waals surface area contributed by atoms with E-state index in [1.54, 1.807) is 29.2 Å². The Bertz CT molecular complexity index is 504. The summed E-state index contributed by atoms with van der Waals surface area (Å²) in [5.74, 6) is -0.919. The first-order valence-corrected chi connectivity index (χ1v) is 6.66. The quantitative estimate of drug-likeness (QED) is 0.786. The van der Waals surface area contributed by atoms with Crippen LogP contribution in [0.5, 0.6) is 0 Å². The minimum absolute atomic E-state index is 0.0233. The van der Waals surface area contributed by atoms with Crippen molar-refractivity contribution < 1.29 is 14.7 Å². The highest BCUT2D eigenvalue weighted by molar-refractivity contribution is 5.99. The molecular formula is C14H19N3O3. The third-order valence-electron chi connectivity index (χ3n) is 3.43. The zero-order valence-corrected chi connectivity index (χ0v) is 11.3. The molecule has 2 rings (SSSR count). The maximum Gasteiger partial charge on any atom is 0.317 e. The average Bonchev–Trinajstić information content (AvgIpc) is 2.63. The fraction of sp³-hybridized carbons (Fsp3) is 0.429. The van der Waals surface area contributed by atoms with E-state index in [4.69, 9.17) is 10.8 Å². The third kappa shape index (κ3) is 3.48. The van der Waals surface area contributed by atoms with Crippen LogP contribution in [0.15, 0.2) is 24.3 Å². The second-order valence-corrected chi connectivity index (χ2v) is 4.90. The largest absolute Gasteiger partial charge is 0.480 e. The SMILES string of the molecule is Nc1ccccc1C(=O)N1CCCN(CC(=O)O)CC1. The van der Waals surface area contributed by atoms with Gasteiger partial charge in [0.1, 0.15) is 0 Å². The summed E-state index contributed by atoms with van der Waals surface area (Å²) in [6.45, 7) is 2.45. The average molecular weight is 277 g/mol. The van der Waals surface area contributed by atoms with Crippen molar-refractivity contribution in [3.05, 3.63) is 29.8 Å². The fourth-order valence-electron chi connectivity index (χ4n) is 2.39. The summed E-state index contributed by atoms with van der Waals surface area (Å²) in [6, 6.07) is 7.01. The van der Waals surface area contributed by atoms with Gasteiger partial charge in [-0.1, -0.05) is 12.1 Å². The number of hydrogen-bond acceptors (Lipinski definition) is 4. The highest BCUT2D eigenvalue weighted by Crippen LogP contribution is 2.15. The molecule has 1 fully saturated rings. The lowest BCUT2D eigenvalue weighted by atomic mass is 10.1. The van der Waals surface area contributed by atoms with Crippen LogP contribution in [0.25, 0.3) is 0 Å². The summed E-state index contributed by atoms with van der Waals surface area (Å²) < 4.78 is 0. The van der Waals surface area contributed by atoms with Crippen molar-refractivity contribution >= 4 is 17.6 Å². The molecule has 1 saturated heterocycles. The maximum absolute atomic E-state index is 12.4. The van der Waals surface area contributed by atoms with Crippen LogP contribution in [-0.2, 0) is 4.79 Å². The molecule has 20 heavy (non-hydrogen) atoms. The van der Waals surface area contributed by atoms with E-state index < -0.39 is 5.97 Å². The number of para-hydroxylation sites is 1. The van der Waals surface area contributed by atoms with Gasteiger partial charge in [0.05, 0.1) is 12.1 Å². The molecule has 108 valence electrons. The molecule has 0 aromatic heterocycles. The predicted molar refractivity (Wildman–Crippen MR) is 75.5 cm³/mol. The van der Waals surface area contributed by atoms with E-state index >= 15 is 0 Å². The van der Waals surface area contributed by atoms with Gasteiger partial charge >= 0.3 is 5.97 Å². The van der Waals surface area contributed by atoms with Crippen LogP contribution >= 0.6 is 0 Å². The van der Waals surface area contributed by atoms with Gasteiger partial charge in [-0.05, 0) is 18.6 Å². The van der Waals surface area contributed by atoms with Crippen LogP contribution < -0.4 is 5.73 Å². The number of nitrogen functional groups attached to an aromatic ring is 1. The molecule has 6 nitrogen and oxygen atoms in total. The van der Waals surface area contributed by atoms with Crippen LogP contribution in [0.3, 0.4) is 0 Å². The minimum Gasteiger partial charge on any atom is -0.480 e. The number of aliphatic carboxylic acids is 1. The highest BCUT2D eigenvalue weighted by atomic mass is 16.4. The number of carboxylic acids is 1. The first-order chi connectivity index (χ1) is 9.58. The first kappa shape index (κ1) is 14.3. The fourth-order valence-corrected chi connectivity index (χ4v) is 2.39. The summed E-state index contributed by atoms with van der Waals surface area (Å²) in [5.41, 5.74) is 6.81. The summed E-state index contributed by atoms with van der Waals surface area (Å²) in [5, 5.41) is 8.81. The standard InChI is InChI=1S/C14H19N3O3/c15-12-5-2-1-4-11(12)14(20)17-7-3-6-16(8-9-17)10-13(18)19/h1-2,4-5H,3,6-10,15H2,(H,18,19). The third-order valence-corrected chi connectivity index (χ3v) is 3.43. The number of anilines is 1. The number of amides is 1. The van der Waals surface area contributed by atoms with Crippen molar-refractivity contribution in [1.82, 2.24) is 9.80 Å². The lowest BCUT2D eigenvalue weighted by Crippen LogP contribution is -2.36. The van der Waals surface area contributed by atoms with E-state index in [9.17, 15) is 9.59 Å². The molecule has 0 unspecified atom stereocenters. The lowest BCUT2D eigenvalue weighted by molar-refractivity contribution is -0.138. The van der Waals surface area contributed by atoms with Crippen LogP contribution in [-0.4, -0.2) is 59.5 Å². The topological polar surface area (TPSA) is 86.9 Å². The molecule has 0 bridgehead atoms. The molecule has 1 heterocycles. The second-order valence-electron chi connectivity index (χ2n) is 4.90. The van der Waals surface area contributed by atoms with Gasteiger partial charge in [0.2, 0.25) is 0 Å². The van der Waals surface area contributed by atoms with Crippen molar-refractivity contribution in [2.24, 2.45) is 0 Å². The van der Waals surface area contributed by atoms with E-state index in [0.29, 0.717) is 37.4 Å². The summed E-state index contributed by atoms with van der Waals surface area (Å²) >= 11 is 0. The number of benzene rings is 1. The van der Waals surface area contributed by atoms with Gasteiger partial charge in [0, 0.05) is 31.9 Å². The first-order valence-electron chi connectivity index (χ1n) is 6.66. The van der Waals surface area contributed by atoms with Crippen molar-refractivity contribution in [3.63, 3.8) is 0 Å². The van der Waals surface area contributed by atoms with E-state index in [0.717, 1.165) is 6.42 Å². The second kappa shape index (κ2) is 6.38. The van der Waals surface area contributed by atoms with E-state index in [-0.39, 0.29) is 12.5 Å². The monoisotopic (exact) mass is 277 g/mol. The molecule has 0 radical (unpaired) electrons. The summed E-state index contributed by atoms with van der Waals surface area (Å²) in [4.78, 5) is 26.7. The van der Waals surface area contributed by atoms with Gasteiger partial charge in [-0.15, -0.1) is 0 Å². The Morgan fingerprint density at radius 3 is 2.60 bits per heavy atom. The number of rotatable bonds is 3. The van der Waals surface area contributed by atoms with Crippen molar-refractivity contribution in [2.75, 3.05) is 38.5 Å². The van der Waals surface area contributed by atoms with E-state index in [1.165, 1.54) is 0 Å². The van der Waals surface area contributed by atoms with Crippen LogP contribution in [0.1, 0.15) is 16.8 Å². The van der Waals surface area contributed by atoms with Gasteiger partial charge in [-0.25, -0.2) is 0 Å². The number of carbonyl (C=O) groups is 2. The molecule has 1 aromatic rings. The van der Waals surface area contributed by atoms with Crippen LogP contribution in [0, 0.1) is 0 Å². The van der Waals surface area contributed by atoms with Crippen LogP contribution in [0.2, 0.25) is 0 Å². The normalized spacial score (nSPS) is 16.7. The summed E-state index contributed by atoms with van der Waals surface area (Å²) in [6.07, 6.45) is 0.770. The maximum atomic E-state index is 12.4. The van der Waals surface area contributed by atoms with E-state index in [2.05, 4.69) is 0 Å². The number of nitrogens with zero attached hydrogens (tertiary/aromatic N) is 2. The Morgan fingerprint density at radius 2 is 1.90 bits per heavy atom. The van der Waals surface area contributed by atoms with Crippen molar-refractivity contribution in [1.29, 1.82) is 0 Å². The van der Waals surface area contributed by atoms with Crippen LogP contribution in [0.4, 0.5) is 5.69 Å². The molecule has 0 spiro atoms. The summed E-state index contributed by atoms with van der Waals surface area (Å²) in [7, 11) is 0. The number of nitrogens with two attached hydrogens (primary N) is 1. The van der Waals surface area contributed by atoms with Crippen molar-refractivity contribution in [2.45, 2.75) is 6.42 Å². The van der Waals surface area contributed by atoms with Gasteiger partial charge in [-0.3, -0.25) is 14.5 Å². The molecular weight excluding hydrogens is 258 g/mol. The Labute approximate surface area is 117 Å². The molecule has 1 aromatic carbocycles. The zero-order valence-electron chi connectivity index (χ0n) is 11.3. The zero-order chi connectivity index (χ0) is 14.5. The molecule has 1 aliphatic heterocycles. The Hall–Kier alpha value is -2.08. The van der Waals surface area contributed by atoms with Gasteiger partial charge in [0.25, 0.3) is 5.91 Å². The lowest BCUT2D eigenvalue weighted by Gasteiger charge is -2.21. The number of hydrogen-bond donors (Lipinski definition) is 2. The Morgan fingerprint density at radius 1 is 1.15 bits per heavy atom. The molecule has 0 saturated carbocycles. The minimum atomic E-state index is -0.836. The number of carboxylic acid groups (broad SMARTS) is 1. The molecule has 1 amide bonds. The molecule has 1 aliphatic rings. The van der Waals surface area contributed by atoms with Gasteiger partial charge in [0.15, 0.2) is 0 Å². The molecule has 0 atom stereocenters. The highest BCUT2D eigenvalue weighted by Gasteiger charge is 2.22. The van der Waals surface area contributed by atoms with E-state index in [1.807, 2.05) is 4.90 Å². The van der Waals surface area contributed by atoms with Gasteiger partial charge in [-0.2, -0.15) is 0 Å². The Kier molecular flexibility index (Phi) is 4.57. The van der Waals surface area contributed by atoms with Gasteiger partial charge < -0.3 is 15.7 Å². The smallest absolute Gasteiger partial charge is 0.317 e.